The summed E-state index contributed by atoms with van der Waals surface area (Å²) in [6, 6.07) is 42.9. The highest BCUT2D eigenvalue weighted by Crippen LogP contribution is 2.41. The van der Waals surface area contributed by atoms with Gasteiger partial charge in [0.05, 0.1) is 0 Å². The summed E-state index contributed by atoms with van der Waals surface area (Å²) in [5.74, 6) is 1.41. The minimum Gasteiger partial charge on any atom is -0.507 e. The standard InChI is InChI=1S/C59H76N4O2/c1-39(36-56(3,4)5)31-41-15-17-44(18-16-41)60-45-19-21-46(22-20-45)61-47-23-25-48(26-24-47)62-49-27-29-50(30-28-49)63(37-42-32-40(2)54(64)51(33-42)57(6,7)8)38-43-34-52(58(9,10)11)55(65)53(35-43)59(12,13)14/h15-30,32-35,39,60-62,64-65H,31,36-38H2,1-14H3. The maximum absolute atomic E-state index is 11.5. The van der Waals surface area contributed by atoms with Crippen molar-refractivity contribution < 1.29 is 10.2 Å². The Morgan fingerprint density at radius 2 is 0.769 bits per heavy atom. The van der Waals surface area contributed by atoms with E-state index >= 15 is 0 Å². The molecule has 0 aliphatic carbocycles. The first kappa shape index (κ1) is 48.6. The molecule has 5 N–H and O–H groups in total. The van der Waals surface area contributed by atoms with Crippen LogP contribution in [0.5, 0.6) is 11.5 Å². The van der Waals surface area contributed by atoms with Gasteiger partial charge in [0.15, 0.2) is 0 Å². The van der Waals surface area contributed by atoms with Crippen LogP contribution in [0.25, 0.3) is 0 Å². The first-order valence-corrected chi connectivity index (χ1v) is 23.5. The number of nitrogens with one attached hydrogen (secondary N) is 3. The lowest BCUT2D eigenvalue weighted by Crippen LogP contribution is -2.24. The Kier molecular flexibility index (Phi) is 14.4. The molecule has 6 aromatic carbocycles. The third-order valence-electron chi connectivity index (χ3n) is 12.1. The minimum atomic E-state index is -0.232. The fourth-order valence-corrected chi connectivity index (χ4v) is 8.90. The lowest BCUT2D eigenvalue weighted by Gasteiger charge is -2.31. The number of aryl methyl sites for hydroxylation is 1. The fourth-order valence-electron chi connectivity index (χ4n) is 8.90. The highest BCUT2D eigenvalue weighted by molar-refractivity contribution is 5.69. The highest BCUT2D eigenvalue weighted by atomic mass is 16.3. The molecule has 65 heavy (non-hydrogen) atoms. The molecule has 0 aliphatic heterocycles. The van der Waals surface area contributed by atoms with Crippen molar-refractivity contribution in [3.63, 3.8) is 0 Å². The second kappa shape index (κ2) is 19.3. The average molecular weight is 873 g/mol. The van der Waals surface area contributed by atoms with E-state index in [-0.39, 0.29) is 16.2 Å². The second-order valence-electron chi connectivity index (χ2n) is 22.8. The molecule has 0 spiro atoms. The van der Waals surface area contributed by atoms with E-state index in [0.717, 1.165) is 79.6 Å². The molecular formula is C59H76N4O2. The smallest absolute Gasteiger partial charge is 0.123 e. The van der Waals surface area contributed by atoms with E-state index in [1.54, 1.807) is 0 Å². The molecule has 0 aromatic heterocycles. The Bertz CT molecular complexity index is 2480. The summed E-state index contributed by atoms with van der Waals surface area (Å²) in [5.41, 5.74) is 14.3. The number of hydrogen-bond donors (Lipinski definition) is 5. The average Bonchev–Trinajstić information content (AvgIpc) is 3.20. The van der Waals surface area contributed by atoms with Crippen LogP contribution in [-0.2, 0) is 35.8 Å². The summed E-state index contributed by atoms with van der Waals surface area (Å²) >= 11 is 0. The van der Waals surface area contributed by atoms with Crippen molar-refractivity contribution in [3.05, 3.63) is 160 Å². The van der Waals surface area contributed by atoms with Crippen molar-refractivity contribution in [1.82, 2.24) is 0 Å². The summed E-state index contributed by atoms with van der Waals surface area (Å²) in [6.45, 7) is 32.0. The van der Waals surface area contributed by atoms with Crippen LogP contribution >= 0.6 is 0 Å². The SMILES string of the molecule is Cc1cc(CN(Cc2cc(C(C)(C)C)c(O)c(C(C)(C)C)c2)c2ccc(Nc3ccc(Nc4ccc(Nc5ccc(CC(C)CC(C)(C)C)cc5)cc4)cc3)cc2)cc(C(C)(C)C)c1O. The van der Waals surface area contributed by atoms with Crippen molar-refractivity contribution in [2.75, 3.05) is 20.9 Å². The summed E-state index contributed by atoms with van der Waals surface area (Å²) in [5, 5.41) is 33.3. The topological polar surface area (TPSA) is 79.8 Å². The molecule has 0 bridgehead atoms. The quantitative estimate of drug-likeness (QED) is 0.0750. The Morgan fingerprint density at radius 1 is 0.446 bits per heavy atom. The summed E-state index contributed by atoms with van der Waals surface area (Å²) < 4.78 is 0. The van der Waals surface area contributed by atoms with Gasteiger partial charge in [0, 0.05) is 52.9 Å². The number of nitrogens with zero attached hydrogens (tertiary/aromatic N) is 1. The van der Waals surface area contributed by atoms with Crippen molar-refractivity contribution in [3.8, 4) is 11.5 Å². The zero-order valence-corrected chi connectivity index (χ0v) is 41.8. The number of aromatic hydroxyl groups is 2. The zero-order valence-electron chi connectivity index (χ0n) is 41.8. The van der Waals surface area contributed by atoms with Crippen LogP contribution in [0.2, 0.25) is 0 Å². The Labute approximate surface area is 391 Å². The summed E-state index contributed by atoms with van der Waals surface area (Å²) in [6.07, 6.45) is 2.32. The molecule has 6 rings (SSSR count). The fraction of sp³-hybridized carbons (Fsp3) is 0.390. The second-order valence-corrected chi connectivity index (χ2v) is 22.8. The van der Waals surface area contributed by atoms with Crippen LogP contribution in [0, 0.1) is 18.3 Å². The van der Waals surface area contributed by atoms with Crippen molar-refractivity contribution in [2.45, 2.75) is 139 Å². The van der Waals surface area contributed by atoms with E-state index in [0.29, 0.717) is 35.9 Å². The molecule has 6 aromatic rings. The lowest BCUT2D eigenvalue weighted by molar-refractivity contribution is 0.306. The lowest BCUT2D eigenvalue weighted by atomic mass is 9.78. The van der Waals surface area contributed by atoms with Gasteiger partial charge in [0.2, 0.25) is 0 Å². The predicted octanol–water partition coefficient (Wildman–Crippen LogP) is 16.4. The van der Waals surface area contributed by atoms with Crippen LogP contribution in [0.3, 0.4) is 0 Å². The molecule has 0 amide bonds. The predicted molar refractivity (Wildman–Crippen MR) is 279 cm³/mol. The number of rotatable bonds is 14. The van der Waals surface area contributed by atoms with Crippen molar-refractivity contribution in [2.24, 2.45) is 11.3 Å². The third-order valence-corrected chi connectivity index (χ3v) is 12.1. The van der Waals surface area contributed by atoms with Crippen LogP contribution in [0.15, 0.2) is 121 Å². The Morgan fingerprint density at radius 3 is 1.12 bits per heavy atom. The van der Waals surface area contributed by atoms with Crippen molar-refractivity contribution >= 4 is 39.8 Å². The van der Waals surface area contributed by atoms with Crippen molar-refractivity contribution in [1.29, 1.82) is 0 Å². The number of phenolic OH excluding ortho intramolecular Hbond substituents is 2. The molecule has 0 radical (unpaired) electrons. The summed E-state index contributed by atoms with van der Waals surface area (Å²) in [7, 11) is 0. The van der Waals surface area contributed by atoms with E-state index < -0.39 is 0 Å². The molecular weight excluding hydrogens is 797 g/mol. The first-order chi connectivity index (χ1) is 30.3. The van der Waals surface area contributed by atoms with Gasteiger partial charge in [0.1, 0.15) is 11.5 Å². The molecule has 6 heteroatoms. The third kappa shape index (κ3) is 13.3. The maximum Gasteiger partial charge on any atom is 0.123 e. The normalized spacial score (nSPS) is 12.8. The number of anilines is 7. The molecule has 1 atom stereocenters. The van der Waals surface area contributed by atoms with Gasteiger partial charge in [-0.15, -0.1) is 0 Å². The molecule has 1 unspecified atom stereocenters. The van der Waals surface area contributed by atoms with Crippen LogP contribution in [0.4, 0.5) is 39.8 Å². The van der Waals surface area contributed by atoms with Crippen LogP contribution < -0.4 is 20.9 Å². The van der Waals surface area contributed by atoms with Gasteiger partial charge in [-0.1, -0.05) is 108 Å². The maximum atomic E-state index is 11.5. The van der Waals surface area contributed by atoms with Gasteiger partial charge in [-0.2, -0.15) is 0 Å². The van der Waals surface area contributed by atoms with Crippen LogP contribution in [0.1, 0.15) is 135 Å². The highest BCUT2D eigenvalue weighted by Gasteiger charge is 2.28. The molecule has 0 heterocycles. The molecule has 0 saturated carbocycles. The van der Waals surface area contributed by atoms with E-state index in [1.165, 1.54) is 12.0 Å². The molecule has 6 nitrogen and oxygen atoms in total. The van der Waals surface area contributed by atoms with Gasteiger partial charge >= 0.3 is 0 Å². The Balaban J connectivity index is 1.14. The first-order valence-electron chi connectivity index (χ1n) is 23.5. The van der Waals surface area contributed by atoms with Gasteiger partial charge in [-0.25, -0.2) is 0 Å². The minimum absolute atomic E-state index is 0.209. The van der Waals surface area contributed by atoms with E-state index in [4.69, 9.17) is 0 Å². The molecule has 0 fully saturated rings. The van der Waals surface area contributed by atoms with Gasteiger partial charge in [-0.05, 0) is 189 Å². The molecule has 344 valence electrons. The van der Waals surface area contributed by atoms with E-state index in [2.05, 4.69) is 232 Å². The van der Waals surface area contributed by atoms with Crippen LogP contribution in [-0.4, -0.2) is 10.2 Å². The number of benzene rings is 6. The van der Waals surface area contributed by atoms with E-state index in [1.807, 2.05) is 6.92 Å². The zero-order chi connectivity index (χ0) is 47.5. The van der Waals surface area contributed by atoms with Gasteiger partial charge in [0.25, 0.3) is 0 Å². The number of hydrogen-bond acceptors (Lipinski definition) is 6. The van der Waals surface area contributed by atoms with Gasteiger partial charge < -0.3 is 31.1 Å². The molecule has 0 aliphatic rings. The number of phenols is 2. The Hall–Kier alpha value is -5.88. The van der Waals surface area contributed by atoms with Gasteiger partial charge in [-0.3, -0.25) is 0 Å². The molecule has 0 saturated heterocycles. The monoisotopic (exact) mass is 873 g/mol. The summed E-state index contributed by atoms with van der Waals surface area (Å²) in [4.78, 5) is 2.39. The largest absolute Gasteiger partial charge is 0.507 e. The van der Waals surface area contributed by atoms with E-state index in [9.17, 15) is 10.2 Å².